The van der Waals surface area contributed by atoms with Crippen LogP contribution in [0.5, 0.6) is 0 Å². The largest absolute Gasteiger partial charge is 0.352 e. The number of halogens is 1. The van der Waals surface area contributed by atoms with E-state index in [1.54, 1.807) is 0 Å². The fraction of sp³-hybridized carbons (Fsp3) is 0.500. The third kappa shape index (κ3) is 4.90. The van der Waals surface area contributed by atoms with Gasteiger partial charge in [-0.15, -0.1) is 0 Å². The van der Waals surface area contributed by atoms with Crippen molar-refractivity contribution in [2.45, 2.75) is 38.4 Å². The van der Waals surface area contributed by atoms with Crippen molar-refractivity contribution in [3.8, 4) is 0 Å². The van der Waals surface area contributed by atoms with Gasteiger partial charge < -0.3 is 5.32 Å². The first-order chi connectivity index (χ1) is 8.02. The first-order valence-corrected chi connectivity index (χ1v) is 6.95. The maximum Gasteiger partial charge on any atom is 0.251 e. The zero-order valence-corrected chi connectivity index (χ0v) is 12.3. The average Bonchev–Trinajstić information content (AvgIpc) is 2.27. The molecule has 1 N–H and O–H groups in total. The van der Waals surface area contributed by atoms with Crippen molar-refractivity contribution in [3.63, 3.8) is 0 Å². The van der Waals surface area contributed by atoms with E-state index in [0.29, 0.717) is 4.83 Å². The highest BCUT2D eigenvalue weighted by atomic mass is 79.9. The molecule has 0 saturated heterocycles. The molecule has 3 heteroatoms. The van der Waals surface area contributed by atoms with Crippen LogP contribution in [0.1, 0.15) is 41.3 Å². The Morgan fingerprint density at radius 3 is 2.41 bits per heavy atom. The van der Waals surface area contributed by atoms with E-state index in [9.17, 15) is 4.79 Å². The summed E-state index contributed by atoms with van der Waals surface area (Å²) in [5, 5.41) is 2.95. The topological polar surface area (TPSA) is 29.1 Å². The summed E-state index contributed by atoms with van der Waals surface area (Å²) in [4.78, 5) is 12.4. The van der Waals surface area contributed by atoms with Crippen LogP contribution in [0.3, 0.4) is 0 Å². The van der Waals surface area contributed by atoms with Gasteiger partial charge in [-0.25, -0.2) is 0 Å². The number of alkyl halides is 1. The predicted octanol–water partition coefficient (Wildman–Crippen LogP) is 3.60. The lowest BCUT2D eigenvalue weighted by atomic mass is 10.1. The molecule has 0 heterocycles. The molecular weight excluding hydrogens is 278 g/mol. The van der Waals surface area contributed by atoms with Crippen molar-refractivity contribution in [1.82, 2.24) is 5.32 Å². The van der Waals surface area contributed by atoms with Crippen LogP contribution in [0.25, 0.3) is 0 Å². The Hall–Kier alpha value is -0.830. The molecule has 0 saturated carbocycles. The van der Waals surface area contributed by atoms with Crippen molar-refractivity contribution in [2.75, 3.05) is 6.54 Å². The summed E-state index contributed by atoms with van der Waals surface area (Å²) in [5.41, 5.74) is 3.01. The molecule has 94 valence electrons. The van der Waals surface area contributed by atoms with Crippen molar-refractivity contribution >= 4 is 21.8 Å². The molecule has 0 aliphatic rings. The second-order valence-electron chi connectivity index (χ2n) is 4.43. The first kappa shape index (κ1) is 14.2. The lowest BCUT2D eigenvalue weighted by Crippen LogP contribution is -2.26. The Morgan fingerprint density at radius 1 is 1.29 bits per heavy atom. The Balaban J connectivity index is 2.52. The van der Waals surface area contributed by atoms with Gasteiger partial charge in [0.05, 0.1) is 0 Å². The number of amides is 1. The predicted molar refractivity (Wildman–Crippen MR) is 75.9 cm³/mol. The number of benzene rings is 1. The highest BCUT2D eigenvalue weighted by molar-refractivity contribution is 9.09. The van der Waals surface area contributed by atoms with Gasteiger partial charge in [-0.1, -0.05) is 40.0 Å². The maximum absolute atomic E-state index is 11.9. The lowest BCUT2D eigenvalue weighted by molar-refractivity contribution is 0.0953. The minimum absolute atomic E-state index is 0.0209. The zero-order chi connectivity index (χ0) is 12.8. The van der Waals surface area contributed by atoms with Gasteiger partial charge in [0.25, 0.3) is 5.91 Å². The number of hydrogen-bond donors (Lipinski definition) is 1. The van der Waals surface area contributed by atoms with E-state index in [2.05, 4.69) is 34.2 Å². The van der Waals surface area contributed by atoms with E-state index in [-0.39, 0.29) is 5.91 Å². The Labute approximate surface area is 112 Å². The van der Waals surface area contributed by atoms with Gasteiger partial charge in [0, 0.05) is 16.9 Å². The van der Waals surface area contributed by atoms with Crippen LogP contribution in [0.2, 0.25) is 0 Å². The lowest BCUT2D eigenvalue weighted by Gasteiger charge is -2.09. The van der Waals surface area contributed by atoms with E-state index < -0.39 is 0 Å². The highest BCUT2D eigenvalue weighted by Gasteiger charge is 2.07. The average molecular weight is 298 g/mol. The van der Waals surface area contributed by atoms with E-state index in [4.69, 9.17) is 0 Å². The van der Waals surface area contributed by atoms with Gasteiger partial charge in [0.2, 0.25) is 0 Å². The van der Waals surface area contributed by atoms with Gasteiger partial charge >= 0.3 is 0 Å². The molecule has 0 aliphatic heterocycles. The molecule has 2 nitrogen and oxygen atoms in total. The van der Waals surface area contributed by atoms with Crippen LogP contribution >= 0.6 is 15.9 Å². The molecule has 1 rings (SSSR count). The van der Waals surface area contributed by atoms with Crippen LogP contribution in [0.15, 0.2) is 18.2 Å². The minimum atomic E-state index is 0.0209. The number of hydrogen-bond acceptors (Lipinski definition) is 1. The zero-order valence-electron chi connectivity index (χ0n) is 10.7. The molecule has 17 heavy (non-hydrogen) atoms. The Bertz CT molecular complexity index is 370. The standard InChI is InChI=1S/C14H20BrNO/c1-4-13(15)5-6-16-14(17)12-8-10(2)7-11(3)9-12/h7-9,13H,4-6H2,1-3H3,(H,16,17). The number of rotatable bonds is 5. The second-order valence-corrected chi connectivity index (χ2v) is 5.72. The number of carbonyl (C=O) groups is 1. The van der Waals surface area contributed by atoms with Gasteiger partial charge in [-0.3, -0.25) is 4.79 Å². The quantitative estimate of drug-likeness (QED) is 0.827. The Morgan fingerprint density at radius 2 is 1.88 bits per heavy atom. The van der Waals surface area contributed by atoms with Gasteiger partial charge in [-0.05, 0) is 38.8 Å². The van der Waals surface area contributed by atoms with E-state index in [1.807, 2.05) is 26.0 Å². The van der Waals surface area contributed by atoms with Crippen molar-refractivity contribution in [1.29, 1.82) is 0 Å². The molecule has 1 amide bonds. The third-order valence-electron chi connectivity index (χ3n) is 2.67. The smallest absolute Gasteiger partial charge is 0.251 e. The Kier molecular flexibility index (Phi) is 5.69. The number of aryl methyl sites for hydroxylation is 2. The van der Waals surface area contributed by atoms with E-state index in [0.717, 1.165) is 36.1 Å². The van der Waals surface area contributed by atoms with E-state index >= 15 is 0 Å². The molecule has 0 radical (unpaired) electrons. The van der Waals surface area contributed by atoms with Crippen LogP contribution in [0, 0.1) is 13.8 Å². The normalized spacial score (nSPS) is 12.2. The summed E-state index contributed by atoms with van der Waals surface area (Å²) in [7, 11) is 0. The molecule has 1 unspecified atom stereocenters. The summed E-state index contributed by atoms with van der Waals surface area (Å²) in [6.07, 6.45) is 2.05. The number of nitrogens with one attached hydrogen (secondary N) is 1. The van der Waals surface area contributed by atoms with Crippen LogP contribution in [-0.4, -0.2) is 17.3 Å². The minimum Gasteiger partial charge on any atom is -0.352 e. The van der Waals surface area contributed by atoms with Crippen LogP contribution < -0.4 is 5.32 Å². The summed E-state index contributed by atoms with van der Waals surface area (Å²) in [6, 6.07) is 5.92. The molecular formula is C14H20BrNO. The molecule has 1 atom stereocenters. The highest BCUT2D eigenvalue weighted by Crippen LogP contribution is 2.10. The first-order valence-electron chi connectivity index (χ1n) is 6.03. The summed E-state index contributed by atoms with van der Waals surface area (Å²) in [5.74, 6) is 0.0209. The third-order valence-corrected chi connectivity index (χ3v) is 3.78. The van der Waals surface area contributed by atoms with E-state index in [1.165, 1.54) is 0 Å². The molecule has 1 aromatic rings. The van der Waals surface area contributed by atoms with Crippen molar-refractivity contribution in [2.24, 2.45) is 0 Å². The summed E-state index contributed by atoms with van der Waals surface area (Å²) in [6.45, 7) is 6.87. The SMILES string of the molecule is CCC(Br)CCNC(=O)c1cc(C)cc(C)c1. The van der Waals surface area contributed by atoms with Gasteiger partial charge in [0.15, 0.2) is 0 Å². The molecule has 0 aliphatic carbocycles. The molecule has 1 aromatic carbocycles. The van der Waals surface area contributed by atoms with Crippen LogP contribution in [0.4, 0.5) is 0 Å². The fourth-order valence-electron chi connectivity index (χ4n) is 1.75. The van der Waals surface area contributed by atoms with Gasteiger partial charge in [-0.2, -0.15) is 0 Å². The molecule has 0 spiro atoms. The second kappa shape index (κ2) is 6.80. The summed E-state index contributed by atoms with van der Waals surface area (Å²) >= 11 is 3.56. The monoisotopic (exact) mass is 297 g/mol. The van der Waals surface area contributed by atoms with Gasteiger partial charge in [0.1, 0.15) is 0 Å². The van der Waals surface area contributed by atoms with Crippen molar-refractivity contribution < 1.29 is 4.79 Å². The summed E-state index contributed by atoms with van der Waals surface area (Å²) < 4.78 is 0. The number of carbonyl (C=O) groups excluding carboxylic acids is 1. The molecule has 0 aromatic heterocycles. The molecule has 0 bridgehead atoms. The van der Waals surface area contributed by atoms with Crippen LogP contribution in [-0.2, 0) is 0 Å². The fourth-order valence-corrected chi connectivity index (χ4v) is 1.98. The van der Waals surface area contributed by atoms with Crippen molar-refractivity contribution in [3.05, 3.63) is 34.9 Å². The molecule has 0 fully saturated rings. The maximum atomic E-state index is 11.9.